The molecular weight excluding hydrogens is 1130 g/mol. The summed E-state index contributed by atoms with van der Waals surface area (Å²) >= 11 is 0. The Balaban J connectivity index is 0.000000802. The number of rotatable bonds is 8. The van der Waals surface area contributed by atoms with E-state index < -0.39 is 0 Å². The van der Waals surface area contributed by atoms with Gasteiger partial charge in [-0.25, -0.2) is 0 Å². The van der Waals surface area contributed by atoms with Crippen molar-refractivity contribution in [2.45, 2.75) is 300 Å². The topological polar surface area (TPSA) is 130 Å². The number of aliphatic imine (C=N–C) groups is 4. The van der Waals surface area contributed by atoms with Gasteiger partial charge in [0.25, 0.3) is 0 Å². The summed E-state index contributed by atoms with van der Waals surface area (Å²) in [5, 5.41) is 44.9. The van der Waals surface area contributed by atoms with Gasteiger partial charge in [0, 0.05) is 103 Å². The molecule has 2 radical (unpaired) electrons. The Kier molecular flexibility index (Phi) is 27.0. The Morgan fingerprint density at radius 1 is 0.286 bits per heavy atom. The molecule has 2 fully saturated rings. The Labute approximate surface area is 533 Å². The molecule has 8 nitrogen and oxygen atoms in total. The van der Waals surface area contributed by atoms with E-state index in [1.54, 1.807) is 0 Å². The third-order valence-corrected chi connectivity index (χ3v) is 16.3. The first-order valence-electron chi connectivity index (χ1n) is 30.0. The summed E-state index contributed by atoms with van der Waals surface area (Å²) in [6.45, 7) is 52.1. The Morgan fingerprint density at radius 3 is 0.571 bits per heavy atom. The Morgan fingerprint density at radius 2 is 0.440 bits per heavy atom. The molecule has 0 unspecified atom stereocenters. The van der Waals surface area contributed by atoms with Crippen LogP contribution in [-0.2, 0) is 76.9 Å². The maximum atomic E-state index is 11.2. The first kappa shape index (κ1) is 77.8. The second-order valence-corrected chi connectivity index (χ2v) is 31.8. The first-order chi connectivity index (χ1) is 36.4. The average Bonchev–Trinajstić information content (AvgIpc) is 2.33. The fourth-order valence-electron chi connectivity index (χ4n) is 10.6. The van der Waals surface area contributed by atoms with Crippen LogP contribution in [0, 0.1) is 0 Å². The van der Waals surface area contributed by atoms with Crippen LogP contribution in [-0.4, -0.2) is 69.5 Å². The average molecular weight is 1240 g/mol. The summed E-state index contributed by atoms with van der Waals surface area (Å²) in [5.74, 6) is 1.27. The molecule has 0 spiro atoms. The molecule has 84 heavy (non-hydrogen) atoms. The van der Waals surface area contributed by atoms with Crippen LogP contribution in [0.15, 0.2) is 68.5 Å². The molecule has 2 saturated carbocycles. The van der Waals surface area contributed by atoms with E-state index in [4.69, 9.17) is 20.0 Å². The molecular formula is C74H116Co2N4O4. The third-order valence-electron chi connectivity index (χ3n) is 16.3. The van der Waals surface area contributed by atoms with Crippen molar-refractivity contribution in [2.24, 2.45) is 20.0 Å². The van der Waals surface area contributed by atoms with E-state index in [9.17, 15) is 20.4 Å². The zero-order valence-electron chi connectivity index (χ0n) is 55.1. The number of aromatic hydroxyl groups is 4. The maximum Gasteiger partial charge on any atom is 0.128 e. The van der Waals surface area contributed by atoms with Gasteiger partial charge < -0.3 is 20.4 Å². The number of hydrogen-bond donors (Lipinski definition) is 4. The van der Waals surface area contributed by atoms with Gasteiger partial charge in [0.2, 0.25) is 0 Å². The third kappa shape index (κ3) is 20.4. The van der Waals surface area contributed by atoms with Gasteiger partial charge in [0.05, 0.1) is 24.2 Å². The van der Waals surface area contributed by atoms with E-state index in [2.05, 4.69) is 215 Å². The molecule has 2 aliphatic carbocycles. The molecule has 0 amide bonds. The van der Waals surface area contributed by atoms with Crippen LogP contribution < -0.4 is 0 Å². The molecule has 0 aromatic heterocycles. The van der Waals surface area contributed by atoms with E-state index in [1.807, 2.05) is 24.9 Å². The molecule has 0 heterocycles. The molecule has 0 bridgehead atoms. The van der Waals surface area contributed by atoms with Crippen LogP contribution >= 0.6 is 0 Å². The molecule has 474 valence electrons. The predicted molar refractivity (Wildman–Crippen MR) is 358 cm³/mol. The minimum Gasteiger partial charge on any atom is -0.507 e. The Hall–Kier alpha value is -4.23. The zero-order valence-corrected chi connectivity index (χ0v) is 57.2. The summed E-state index contributed by atoms with van der Waals surface area (Å²) in [5.41, 5.74) is 10.8. The largest absolute Gasteiger partial charge is 0.507 e. The second-order valence-electron chi connectivity index (χ2n) is 31.8. The monoisotopic (exact) mass is 1240 g/mol. The molecule has 2 aliphatic rings. The molecule has 4 aromatic rings. The van der Waals surface area contributed by atoms with Crippen LogP contribution in [0.25, 0.3) is 0 Å². The van der Waals surface area contributed by atoms with Crippen molar-refractivity contribution in [3.63, 3.8) is 0 Å². The smallest absolute Gasteiger partial charge is 0.128 e. The summed E-state index contributed by atoms with van der Waals surface area (Å²) < 4.78 is 0. The quantitative estimate of drug-likeness (QED) is 0.131. The van der Waals surface area contributed by atoms with Gasteiger partial charge in [0.1, 0.15) is 23.0 Å². The van der Waals surface area contributed by atoms with Crippen molar-refractivity contribution in [3.05, 3.63) is 115 Å². The van der Waals surface area contributed by atoms with E-state index in [-0.39, 0.29) is 116 Å². The van der Waals surface area contributed by atoms with Gasteiger partial charge in [-0.2, -0.15) is 0 Å². The molecule has 0 saturated heterocycles. The van der Waals surface area contributed by atoms with Crippen molar-refractivity contribution < 1.29 is 54.0 Å². The fraction of sp³-hybridized carbons (Fsp3) is 0.622. The minimum atomic E-state index is -0.179. The molecule has 0 aliphatic heterocycles. The van der Waals surface area contributed by atoms with Crippen LogP contribution in [0.1, 0.15) is 299 Å². The number of phenols is 4. The SMILES string of the molecule is C.C.CC(C)(C)c1cc(C=N[C@@H]2CCCC[C@H]2N=Cc2cc(C(C)(C)C)cc(C(C)(C)C)c2O)c(O)c(C(C)(C)C)c1.CC(C)(C)c1cc(C=N[C@H]2CCCC[C@@H]2N=Cc2cc(C(C)(C)C)cc(C(C)(C)C)c2O)c(O)c(C(C)(C)C)c1.[Co].[Co]. The summed E-state index contributed by atoms with van der Waals surface area (Å²) in [6, 6.07) is 17.1. The zero-order chi connectivity index (χ0) is 60.5. The summed E-state index contributed by atoms with van der Waals surface area (Å²) in [6.07, 6.45) is 15.8. The van der Waals surface area contributed by atoms with Gasteiger partial charge >= 0.3 is 0 Å². The van der Waals surface area contributed by atoms with E-state index in [1.165, 1.54) is 22.3 Å². The van der Waals surface area contributed by atoms with E-state index in [0.717, 1.165) is 95.9 Å². The normalized spacial score (nSPS) is 18.7. The van der Waals surface area contributed by atoms with Gasteiger partial charge in [-0.3, -0.25) is 20.0 Å². The number of hydrogen-bond acceptors (Lipinski definition) is 8. The van der Waals surface area contributed by atoms with Crippen molar-refractivity contribution in [2.75, 3.05) is 0 Å². The number of nitrogens with zero attached hydrogens (tertiary/aromatic N) is 4. The summed E-state index contributed by atoms with van der Waals surface area (Å²) in [7, 11) is 0. The standard InChI is InChI=1S/2C36H54N2O2.2CH4.2Co/c2*1-33(2,3)25-17-23(31(39)27(19-25)35(7,8)9)21-37-29-15-13-14-16-30(29)38-22-24-18-26(34(4,5)6)20-28(32(24)40)36(10,11)12;;;;/h2*17-22,29-30,39-40H,13-16H2,1-12H3;2*1H4;;/t2*29-,30-;;;;/m10..../s1. The van der Waals surface area contributed by atoms with Crippen LogP contribution in [0.2, 0.25) is 0 Å². The number of benzene rings is 4. The van der Waals surface area contributed by atoms with Crippen molar-refractivity contribution in [3.8, 4) is 23.0 Å². The number of phenolic OH excluding ortho intramolecular Hbond substituents is 4. The minimum absolute atomic E-state index is 0. The molecule has 6 rings (SSSR count). The molecule has 4 aromatic carbocycles. The maximum absolute atomic E-state index is 11.2. The van der Waals surface area contributed by atoms with E-state index >= 15 is 0 Å². The Bertz CT molecular complexity index is 2530. The van der Waals surface area contributed by atoms with Gasteiger partial charge in [0.15, 0.2) is 0 Å². The molecule has 4 N–H and O–H groups in total. The fourth-order valence-corrected chi connectivity index (χ4v) is 10.6. The van der Waals surface area contributed by atoms with Crippen molar-refractivity contribution in [1.29, 1.82) is 0 Å². The summed E-state index contributed by atoms with van der Waals surface area (Å²) in [4.78, 5) is 20.1. The first-order valence-corrected chi connectivity index (χ1v) is 30.0. The van der Waals surface area contributed by atoms with Crippen LogP contribution in [0.5, 0.6) is 23.0 Å². The van der Waals surface area contributed by atoms with Crippen LogP contribution in [0.3, 0.4) is 0 Å². The molecule has 10 heteroatoms. The van der Waals surface area contributed by atoms with Crippen molar-refractivity contribution >= 4 is 24.9 Å². The van der Waals surface area contributed by atoms with Gasteiger partial charge in [-0.05, 0) is 116 Å². The molecule has 4 atom stereocenters. The van der Waals surface area contributed by atoms with Crippen molar-refractivity contribution in [1.82, 2.24) is 0 Å². The van der Waals surface area contributed by atoms with E-state index in [0.29, 0.717) is 23.0 Å². The van der Waals surface area contributed by atoms with Gasteiger partial charge in [-0.15, -0.1) is 0 Å². The van der Waals surface area contributed by atoms with Gasteiger partial charge in [-0.1, -0.05) is 231 Å². The van der Waals surface area contributed by atoms with Crippen LogP contribution in [0.4, 0.5) is 0 Å². The predicted octanol–water partition coefficient (Wildman–Crippen LogP) is 19.5. The second kappa shape index (κ2) is 29.2.